The number of amides is 1. The van der Waals surface area contributed by atoms with Crippen LogP contribution < -0.4 is 5.32 Å². The summed E-state index contributed by atoms with van der Waals surface area (Å²) in [6, 6.07) is 0. The molecular formula is C10H17NO4. The first-order chi connectivity index (χ1) is 7.09. The van der Waals surface area contributed by atoms with E-state index in [0.717, 1.165) is 6.42 Å². The number of hydrogen-bond donors (Lipinski definition) is 2. The van der Waals surface area contributed by atoms with Crippen molar-refractivity contribution in [3.05, 3.63) is 0 Å². The Labute approximate surface area is 88.8 Å². The summed E-state index contributed by atoms with van der Waals surface area (Å²) in [5.41, 5.74) is 0. The molecular weight excluding hydrogens is 198 g/mol. The first kappa shape index (κ1) is 12.0. The summed E-state index contributed by atoms with van der Waals surface area (Å²) in [4.78, 5) is 21.7. The summed E-state index contributed by atoms with van der Waals surface area (Å²) >= 11 is 0. The van der Waals surface area contributed by atoms with Crippen molar-refractivity contribution in [1.29, 1.82) is 0 Å². The minimum absolute atomic E-state index is 0.0234. The van der Waals surface area contributed by atoms with Crippen molar-refractivity contribution in [1.82, 2.24) is 5.32 Å². The van der Waals surface area contributed by atoms with Crippen molar-refractivity contribution in [2.45, 2.75) is 32.3 Å². The molecule has 5 heteroatoms. The SMILES string of the molecule is CC1CC(C(=O)NCCCC(=O)O)CO1. The number of hydrogen-bond acceptors (Lipinski definition) is 3. The van der Waals surface area contributed by atoms with Gasteiger partial charge in [0.2, 0.25) is 5.91 Å². The zero-order valence-electron chi connectivity index (χ0n) is 8.86. The fourth-order valence-corrected chi connectivity index (χ4v) is 1.60. The number of carbonyl (C=O) groups is 2. The summed E-state index contributed by atoms with van der Waals surface area (Å²) in [6.07, 6.45) is 1.48. The van der Waals surface area contributed by atoms with Gasteiger partial charge in [0.05, 0.1) is 18.6 Å². The third kappa shape index (κ3) is 4.29. The number of carboxylic acid groups (broad SMARTS) is 1. The fraction of sp³-hybridized carbons (Fsp3) is 0.800. The van der Waals surface area contributed by atoms with Crippen LogP contribution >= 0.6 is 0 Å². The molecule has 1 aliphatic rings. The van der Waals surface area contributed by atoms with Gasteiger partial charge >= 0.3 is 5.97 Å². The minimum Gasteiger partial charge on any atom is -0.481 e. The molecule has 1 fully saturated rings. The normalized spacial score (nSPS) is 25.1. The van der Waals surface area contributed by atoms with Crippen LogP contribution in [-0.2, 0) is 14.3 Å². The number of rotatable bonds is 5. The predicted octanol–water partition coefficient (Wildman–Crippen LogP) is 0.392. The van der Waals surface area contributed by atoms with Crippen LogP contribution in [0.5, 0.6) is 0 Å². The first-order valence-corrected chi connectivity index (χ1v) is 5.20. The lowest BCUT2D eigenvalue weighted by Gasteiger charge is -2.08. The third-order valence-corrected chi connectivity index (χ3v) is 2.44. The van der Waals surface area contributed by atoms with Crippen LogP contribution in [0.4, 0.5) is 0 Å². The molecule has 1 rings (SSSR count). The zero-order valence-corrected chi connectivity index (χ0v) is 8.86. The predicted molar refractivity (Wildman–Crippen MR) is 53.4 cm³/mol. The topological polar surface area (TPSA) is 75.6 Å². The van der Waals surface area contributed by atoms with Crippen LogP contribution in [-0.4, -0.2) is 36.2 Å². The van der Waals surface area contributed by atoms with Crippen molar-refractivity contribution in [2.75, 3.05) is 13.2 Å². The minimum atomic E-state index is -0.831. The highest BCUT2D eigenvalue weighted by Crippen LogP contribution is 2.18. The summed E-state index contributed by atoms with van der Waals surface area (Å²) in [7, 11) is 0. The number of carbonyl (C=O) groups excluding carboxylic acids is 1. The number of aliphatic carboxylic acids is 1. The Morgan fingerprint density at radius 1 is 1.53 bits per heavy atom. The molecule has 0 radical (unpaired) electrons. The van der Waals surface area contributed by atoms with E-state index in [1.54, 1.807) is 0 Å². The molecule has 2 unspecified atom stereocenters. The van der Waals surface area contributed by atoms with Crippen LogP contribution in [0.1, 0.15) is 26.2 Å². The van der Waals surface area contributed by atoms with Crippen LogP contribution in [0.25, 0.3) is 0 Å². The van der Waals surface area contributed by atoms with Crippen LogP contribution in [0.3, 0.4) is 0 Å². The van der Waals surface area contributed by atoms with Gasteiger partial charge in [0.25, 0.3) is 0 Å². The highest BCUT2D eigenvalue weighted by atomic mass is 16.5. The Morgan fingerprint density at radius 2 is 2.27 bits per heavy atom. The highest BCUT2D eigenvalue weighted by Gasteiger charge is 2.27. The monoisotopic (exact) mass is 215 g/mol. The van der Waals surface area contributed by atoms with E-state index in [4.69, 9.17) is 9.84 Å². The van der Waals surface area contributed by atoms with E-state index >= 15 is 0 Å². The second kappa shape index (κ2) is 5.70. The maximum atomic E-state index is 11.5. The Hall–Kier alpha value is -1.10. The number of nitrogens with one attached hydrogen (secondary N) is 1. The molecule has 0 aromatic heterocycles. The third-order valence-electron chi connectivity index (χ3n) is 2.44. The van der Waals surface area contributed by atoms with Gasteiger partial charge in [-0.2, -0.15) is 0 Å². The maximum absolute atomic E-state index is 11.5. The Bertz CT molecular complexity index is 242. The zero-order chi connectivity index (χ0) is 11.3. The largest absolute Gasteiger partial charge is 0.481 e. The summed E-state index contributed by atoms with van der Waals surface area (Å²) in [5, 5.41) is 11.1. The molecule has 0 saturated carbocycles. The molecule has 2 atom stereocenters. The van der Waals surface area contributed by atoms with E-state index in [-0.39, 0.29) is 24.3 Å². The standard InChI is InChI=1S/C10H17NO4/c1-7-5-8(6-15-7)10(14)11-4-2-3-9(12)13/h7-8H,2-6H2,1H3,(H,11,14)(H,12,13). The fourth-order valence-electron chi connectivity index (χ4n) is 1.60. The molecule has 15 heavy (non-hydrogen) atoms. The molecule has 86 valence electrons. The molecule has 1 amide bonds. The van der Waals surface area contributed by atoms with Crippen LogP contribution in [0.15, 0.2) is 0 Å². The molecule has 1 heterocycles. The number of carboxylic acids is 1. The summed E-state index contributed by atoms with van der Waals surface area (Å²) in [5.74, 6) is -0.920. The maximum Gasteiger partial charge on any atom is 0.303 e. The molecule has 0 bridgehead atoms. The second-order valence-corrected chi connectivity index (χ2v) is 3.86. The Morgan fingerprint density at radius 3 is 2.80 bits per heavy atom. The molecule has 5 nitrogen and oxygen atoms in total. The van der Waals surface area contributed by atoms with Gasteiger partial charge < -0.3 is 15.2 Å². The molecule has 2 N–H and O–H groups in total. The Kier molecular flexibility index (Phi) is 4.55. The lowest BCUT2D eigenvalue weighted by Crippen LogP contribution is -2.32. The molecule has 0 aromatic rings. The van der Waals surface area contributed by atoms with Crippen LogP contribution in [0.2, 0.25) is 0 Å². The van der Waals surface area contributed by atoms with Gasteiger partial charge in [0.15, 0.2) is 0 Å². The van der Waals surface area contributed by atoms with Gasteiger partial charge in [-0.05, 0) is 19.8 Å². The molecule has 0 aliphatic carbocycles. The van der Waals surface area contributed by atoms with Gasteiger partial charge in [0, 0.05) is 13.0 Å². The van der Waals surface area contributed by atoms with Crippen molar-refractivity contribution in [3.8, 4) is 0 Å². The van der Waals surface area contributed by atoms with Gasteiger partial charge in [-0.15, -0.1) is 0 Å². The van der Waals surface area contributed by atoms with Gasteiger partial charge in [-0.3, -0.25) is 9.59 Å². The van der Waals surface area contributed by atoms with E-state index in [2.05, 4.69) is 5.32 Å². The molecule has 0 spiro atoms. The van der Waals surface area contributed by atoms with E-state index in [0.29, 0.717) is 19.6 Å². The second-order valence-electron chi connectivity index (χ2n) is 3.86. The quantitative estimate of drug-likeness (QED) is 0.650. The average Bonchev–Trinajstić information content (AvgIpc) is 2.59. The average molecular weight is 215 g/mol. The molecule has 1 aliphatic heterocycles. The lowest BCUT2D eigenvalue weighted by molar-refractivity contribution is -0.137. The van der Waals surface area contributed by atoms with E-state index in [1.165, 1.54) is 0 Å². The van der Waals surface area contributed by atoms with Crippen LogP contribution in [0, 0.1) is 5.92 Å². The number of ether oxygens (including phenoxy) is 1. The molecule has 1 saturated heterocycles. The van der Waals surface area contributed by atoms with Crippen molar-refractivity contribution in [3.63, 3.8) is 0 Å². The molecule has 0 aromatic carbocycles. The summed E-state index contributed by atoms with van der Waals surface area (Å²) < 4.78 is 5.28. The van der Waals surface area contributed by atoms with Crippen molar-refractivity contribution >= 4 is 11.9 Å². The van der Waals surface area contributed by atoms with Gasteiger partial charge in [0.1, 0.15) is 0 Å². The van der Waals surface area contributed by atoms with E-state index in [9.17, 15) is 9.59 Å². The summed E-state index contributed by atoms with van der Waals surface area (Å²) in [6.45, 7) is 2.85. The lowest BCUT2D eigenvalue weighted by atomic mass is 10.1. The van der Waals surface area contributed by atoms with E-state index < -0.39 is 5.97 Å². The van der Waals surface area contributed by atoms with E-state index in [1.807, 2.05) is 6.92 Å². The van der Waals surface area contributed by atoms with Crippen molar-refractivity contribution in [2.24, 2.45) is 5.92 Å². The first-order valence-electron chi connectivity index (χ1n) is 5.20. The Balaban J connectivity index is 2.11. The van der Waals surface area contributed by atoms with Crippen molar-refractivity contribution < 1.29 is 19.4 Å². The smallest absolute Gasteiger partial charge is 0.303 e. The van der Waals surface area contributed by atoms with Gasteiger partial charge in [-0.25, -0.2) is 0 Å². The highest BCUT2D eigenvalue weighted by molar-refractivity contribution is 5.79. The van der Waals surface area contributed by atoms with Gasteiger partial charge in [-0.1, -0.05) is 0 Å².